The molecule has 0 radical (unpaired) electrons. The van der Waals surface area contributed by atoms with Gasteiger partial charge < -0.3 is 5.32 Å². The van der Waals surface area contributed by atoms with E-state index in [0.29, 0.717) is 27.6 Å². The molecule has 3 aromatic heterocycles. The van der Waals surface area contributed by atoms with Crippen LogP contribution in [0.1, 0.15) is 35.9 Å². The monoisotopic (exact) mass is 490 g/mol. The van der Waals surface area contributed by atoms with E-state index in [1.54, 1.807) is 0 Å². The number of fused-ring (bicyclic) bond motifs is 1. The van der Waals surface area contributed by atoms with E-state index in [1.807, 2.05) is 27.7 Å². The van der Waals surface area contributed by atoms with Crippen molar-refractivity contribution >= 4 is 56.6 Å². The van der Waals surface area contributed by atoms with Crippen molar-refractivity contribution in [3.63, 3.8) is 0 Å². The van der Waals surface area contributed by atoms with Gasteiger partial charge in [0.25, 0.3) is 5.56 Å². The number of amides is 1. The second-order valence-corrected chi connectivity index (χ2v) is 9.57. The Labute approximate surface area is 188 Å². The SMILES string of the molecule is Cc1sc2nc(SCC(=O)Nc3ncc(C(F)(F)F)cc3Cl)n(C(C)C)c(=O)c2c1C. The lowest BCUT2D eigenvalue weighted by Crippen LogP contribution is -2.25. The molecule has 0 saturated carbocycles. The molecule has 0 aliphatic rings. The van der Waals surface area contributed by atoms with E-state index < -0.39 is 17.6 Å². The van der Waals surface area contributed by atoms with Crippen LogP contribution >= 0.6 is 34.7 Å². The van der Waals surface area contributed by atoms with Crippen LogP contribution in [0.25, 0.3) is 10.2 Å². The Morgan fingerprint density at radius 3 is 2.61 bits per heavy atom. The van der Waals surface area contributed by atoms with Crippen LogP contribution in [0.15, 0.2) is 22.2 Å². The molecule has 0 unspecified atom stereocenters. The topological polar surface area (TPSA) is 76.9 Å². The van der Waals surface area contributed by atoms with Crippen LogP contribution in [-0.4, -0.2) is 26.2 Å². The highest BCUT2D eigenvalue weighted by molar-refractivity contribution is 7.99. The number of thioether (sulfide) groups is 1. The van der Waals surface area contributed by atoms with Crippen molar-refractivity contribution in [1.29, 1.82) is 0 Å². The number of hydrogen-bond acceptors (Lipinski definition) is 6. The standard InChI is InChI=1S/C19H18ClF3N4O2S2/c1-8(2)27-17(29)14-9(3)10(4)31-16(14)26-18(27)30-7-13(28)25-15-12(20)5-11(6-24-15)19(21,22)23/h5-6,8H,7H2,1-4H3,(H,24,25,28). The summed E-state index contributed by atoms with van der Waals surface area (Å²) < 4.78 is 39.7. The van der Waals surface area contributed by atoms with Crippen molar-refractivity contribution in [2.75, 3.05) is 11.1 Å². The highest BCUT2D eigenvalue weighted by Gasteiger charge is 2.31. The fourth-order valence-electron chi connectivity index (χ4n) is 2.83. The summed E-state index contributed by atoms with van der Waals surface area (Å²) in [7, 11) is 0. The van der Waals surface area contributed by atoms with E-state index in [9.17, 15) is 22.8 Å². The number of hydrogen-bond donors (Lipinski definition) is 1. The molecule has 31 heavy (non-hydrogen) atoms. The number of anilines is 1. The molecule has 1 amide bonds. The first-order valence-corrected chi connectivity index (χ1v) is 11.3. The quantitative estimate of drug-likeness (QED) is 0.380. The van der Waals surface area contributed by atoms with Gasteiger partial charge >= 0.3 is 6.18 Å². The maximum Gasteiger partial charge on any atom is 0.417 e. The van der Waals surface area contributed by atoms with Crippen LogP contribution in [-0.2, 0) is 11.0 Å². The van der Waals surface area contributed by atoms with E-state index in [2.05, 4.69) is 15.3 Å². The minimum atomic E-state index is -4.58. The highest BCUT2D eigenvalue weighted by atomic mass is 35.5. The van der Waals surface area contributed by atoms with Gasteiger partial charge in [-0.3, -0.25) is 14.2 Å². The Hall–Kier alpha value is -2.11. The molecule has 3 aromatic rings. The van der Waals surface area contributed by atoms with Gasteiger partial charge in [0, 0.05) is 17.1 Å². The van der Waals surface area contributed by atoms with Crippen LogP contribution in [0.5, 0.6) is 0 Å². The first-order valence-electron chi connectivity index (χ1n) is 9.07. The highest BCUT2D eigenvalue weighted by Crippen LogP contribution is 2.33. The summed E-state index contributed by atoms with van der Waals surface area (Å²) in [4.78, 5) is 35.1. The van der Waals surface area contributed by atoms with Gasteiger partial charge in [-0.05, 0) is 39.3 Å². The van der Waals surface area contributed by atoms with Gasteiger partial charge in [-0.1, -0.05) is 23.4 Å². The van der Waals surface area contributed by atoms with Crippen molar-refractivity contribution in [3.05, 3.63) is 43.6 Å². The number of carbonyl (C=O) groups is 1. The third-order valence-corrected chi connectivity index (χ3v) is 6.82. The summed E-state index contributed by atoms with van der Waals surface area (Å²) in [6.07, 6.45) is -3.99. The van der Waals surface area contributed by atoms with Crippen molar-refractivity contribution in [3.8, 4) is 0 Å². The molecule has 166 valence electrons. The molecule has 0 aromatic carbocycles. The lowest BCUT2D eigenvalue weighted by atomic mass is 10.2. The minimum absolute atomic E-state index is 0.132. The predicted molar refractivity (Wildman–Crippen MR) is 117 cm³/mol. The number of aryl methyl sites for hydroxylation is 2. The molecule has 3 heterocycles. The van der Waals surface area contributed by atoms with Gasteiger partial charge in [0.2, 0.25) is 5.91 Å². The van der Waals surface area contributed by atoms with Crippen molar-refractivity contribution in [2.24, 2.45) is 0 Å². The Morgan fingerprint density at radius 1 is 1.35 bits per heavy atom. The number of halogens is 4. The zero-order valence-corrected chi connectivity index (χ0v) is 19.3. The molecule has 0 aliphatic carbocycles. The van der Waals surface area contributed by atoms with Crippen LogP contribution in [0.3, 0.4) is 0 Å². The maximum absolute atomic E-state index is 13.0. The molecule has 0 atom stereocenters. The summed E-state index contributed by atoms with van der Waals surface area (Å²) >= 11 is 8.29. The largest absolute Gasteiger partial charge is 0.417 e. The molecule has 12 heteroatoms. The van der Waals surface area contributed by atoms with Crippen LogP contribution in [0.2, 0.25) is 5.02 Å². The van der Waals surface area contributed by atoms with Gasteiger partial charge in [0.1, 0.15) is 4.83 Å². The number of alkyl halides is 3. The van der Waals surface area contributed by atoms with Gasteiger partial charge in [0.15, 0.2) is 11.0 Å². The summed E-state index contributed by atoms with van der Waals surface area (Å²) in [5.74, 6) is -0.843. The summed E-state index contributed by atoms with van der Waals surface area (Å²) in [5, 5.41) is 3.03. The molecule has 6 nitrogen and oxygen atoms in total. The average molecular weight is 491 g/mol. The predicted octanol–water partition coefficient (Wildman–Crippen LogP) is 5.45. The number of nitrogens with zero attached hydrogens (tertiary/aromatic N) is 3. The van der Waals surface area contributed by atoms with Gasteiger partial charge in [0.05, 0.1) is 21.7 Å². The van der Waals surface area contributed by atoms with Crippen LogP contribution < -0.4 is 10.9 Å². The Kier molecular flexibility index (Phi) is 6.68. The number of thiophene rings is 1. The second kappa shape index (κ2) is 8.79. The van der Waals surface area contributed by atoms with E-state index in [4.69, 9.17) is 11.6 Å². The summed E-state index contributed by atoms with van der Waals surface area (Å²) in [6.45, 7) is 7.49. The number of nitrogens with one attached hydrogen (secondary N) is 1. The van der Waals surface area contributed by atoms with Crippen molar-refractivity contribution < 1.29 is 18.0 Å². The number of aromatic nitrogens is 3. The molecular weight excluding hydrogens is 473 g/mol. The third-order valence-electron chi connectivity index (χ3n) is 4.48. The van der Waals surface area contributed by atoms with Crippen molar-refractivity contribution in [1.82, 2.24) is 14.5 Å². The lowest BCUT2D eigenvalue weighted by molar-refractivity contribution is -0.137. The number of carbonyl (C=O) groups excluding carboxylic acids is 1. The molecular formula is C19H18ClF3N4O2S2. The Balaban J connectivity index is 1.82. The van der Waals surface area contributed by atoms with Crippen LogP contribution in [0, 0.1) is 13.8 Å². The first-order chi connectivity index (χ1) is 14.4. The van der Waals surface area contributed by atoms with E-state index in [-0.39, 0.29) is 28.2 Å². The average Bonchev–Trinajstić information content (AvgIpc) is 2.94. The molecule has 0 bridgehead atoms. The molecule has 0 fully saturated rings. The van der Waals surface area contributed by atoms with Crippen molar-refractivity contribution in [2.45, 2.75) is 45.1 Å². The van der Waals surface area contributed by atoms with Gasteiger partial charge in [-0.25, -0.2) is 9.97 Å². The second-order valence-electron chi connectivity index (χ2n) is 7.02. The number of pyridine rings is 1. The van der Waals surface area contributed by atoms with E-state index in [0.717, 1.165) is 22.2 Å². The molecule has 3 rings (SSSR count). The Morgan fingerprint density at radius 2 is 2.03 bits per heavy atom. The normalized spacial score (nSPS) is 12.0. The zero-order valence-electron chi connectivity index (χ0n) is 16.9. The summed E-state index contributed by atoms with van der Waals surface area (Å²) in [5.41, 5.74) is -0.286. The van der Waals surface area contributed by atoms with Gasteiger partial charge in [-0.15, -0.1) is 11.3 Å². The Bertz CT molecular complexity index is 1220. The molecule has 0 saturated heterocycles. The van der Waals surface area contributed by atoms with Gasteiger partial charge in [-0.2, -0.15) is 13.2 Å². The van der Waals surface area contributed by atoms with E-state index >= 15 is 0 Å². The number of rotatable bonds is 5. The molecule has 1 N–H and O–H groups in total. The third kappa shape index (κ3) is 4.88. The fraction of sp³-hybridized carbons (Fsp3) is 0.368. The summed E-state index contributed by atoms with van der Waals surface area (Å²) in [6, 6.07) is 0.519. The minimum Gasteiger partial charge on any atom is -0.309 e. The first kappa shape index (κ1) is 23.6. The maximum atomic E-state index is 13.0. The zero-order chi connectivity index (χ0) is 23.1. The molecule has 0 spiro atoms. The smallest absolute Gasteiger partial charge is 0.309 e. The lowest BCUT2D eigenvalue weighted by Gasteiger charge is -2.15. The fourth-order valence-corrected chi connectivity index (χ4v) is 5.04. The van der Waals surface area contributed by atoms with E-state index in [1.165, 1.54) is 15.9 Å². The van der Waals surface area contributed by atoms with Crippen LogP contribution in [0.4, 0.5) is 19.0 Å². The molecule has 0 aliphatic heterocycles.